The van der Waals surface area contributed by atoms with Gasteiger partial charge in [0.1, 0.15) is 0 Å². The van der Waals surface area contributed by atoms with Crippen molar-refractivity contribution in [3.05, 3.63) is 69.5 Å². The molecule has 3 aromatic rings. The first-order valence-electron chi connectivity index (χ1n) is 7.31. The summed E-state index contributed by atoms with van der Waals surface area (Å²) < 4.78 is 1.56. The normalized spacial score (nSPS) is 10.7. The SMILES string of the molecule is Cc1cccc(NC(=O)c2nn(C)c3ccc(C)cc3c2=O)c1. The van der Waals surface area contributed by atoms with Gasteiger partial charge in [-0.25, -0.2) is 0 Å². The maximum absolute atomic E-state index is 12.6. The molecular weight excluding hydrogens is 290 g/mol. The standard InChI is InChI=1S/C18H17N3O2/c1-11-5-4-6-13(9-11)19-18(23)16-17(22)14-10-12(2)7-8-15(14)21(3)20-16/h4-10H,1-3H3,(H,19,23). The zero-order valence-corrected chi connectivity index (χ0v) is 13.3. The number of rotatable bonds is 2. The zero-order chi connectivity index (χ0) is 16.6. The van der Waals surface area contributed by atoms with E-state index in [4.69, 9.17) is 0 Å². The van der Waals surface area contributed by atoms with Gasteiger partial charge >= 0.3 is 0 Å². The highest BCUT2D eigenvalue weighted by Gasteiger charge is 2.16. The van der Waals surface area contributed by atoms with Crippen LogP contribution in [0.1, 0.15) is 21.6 Å². The summed E-state index contributed by atoms with van der Waals surface area (Å²) in [6.45, 7) is 3.84. The van der Waals surface area contributed by atoms with Crippen molar-refractivity contribution in [2.24, 2.45) is 7.05 Å². The smallest absolute Gasteiger partial charge is 0.280 e. The Bertz CT molecular complexity index is 974. The van der Waals surface area contributed by atoms with Gasteiger partial charge < -0.3 is 5.32 Å². The fraction of sp³-hybridized carbons (Fsp3) is 0.167. The Balaban J connectivity index is 2.07. The summed E-state index contributed by atoms with van der Waals surface area (Å²) in [4.78, 5) is 25.0. The van der Waals surface area contributed by atoms with Crippen molar-refractivity contribution in [3.8, 4) is 0 Å². The molecule has 0 saturated heterocycles. The molecule has 116 valence electrons. The third kappa shape index (κ3) is 2.85. The molecule has 3 rings (SSSR count). The quantitative estimate of drug-likeness (QED) is 0.792. The Labute approximate surface area is 133 Å². The number of anilines is 1. The van der Waals surface area contributed by atoms with Crippen LogP contribution in [0.4, 0.5) is 5.69 Å². The van der Waals surface area contributed by atoms with E-state index < -0.39 is 5.91 Å². The van der Waals surface area contributed by atoms with Crippen LogP contribution >= 0.6 is 0 Å². The van der Waals surface area contributed by atoms with Gasteiger partial charge in [0.15, 0.2) is 5.69 Å². The van der Waals surface area contributed by atoms with Gasteiger partial charge in [-0.3, -0.25) is 14.3 Å². The number of carbonyl (C=O) groups excluding carboxylic acids is 1. The molecule has 0 spiro atoms. The topological polar surface area (TPSA) is 64.0 Å². The number of fused-ring (bicyclic) bond motifs is 1. The molecule has 2 aromatic carbocycles. The molecule has 1 heterocycles. The molecule has 23 heavy (non-hydrogen) atoms. The van der Waals surface area contributed by atoms with Gasteiger partial charge in [0, 0.05) is 12.7 Å². The molecule has 0 aliphatic rings. The minimum atomic E-state index is -0.500. The van der Waals surface area contributed by atoms with E-state index in [1.165, 1.54) is 0 Å². The lowest BCUT2D eigenvalue weighted by Gasteiger charge is -2.09. The monoisotopic (exact) mass is 307 g/mol. The van der Waals surface area contributed by atoms with E-state index in [0.717, 1.165) is 11.1 Å². The Hall–Kier alpha value is -2.95. The molecule has 5 heteroatoms. The number of aromatic nitrogens is 2. The van der Waals surface area contributed by atoms with Crippen LogP contribution in [0.2, 0.25) is 0 Å². The summed E-state index contributed by atoms with van der Waals surface area (Å²) in [5.41, 5.74) is 2.87. The van der Waals surface area contributed by atoms with E-state index >= 15 is 0 Å². The summed E-state index contributed by atoms with van der Waals surface area (Å²) in [6, 6.07) is 12.9. The molecule has 5 nitrogen and oxygen atoms in total. The number of amides is 1. The zero-order valence-electron chi connectivity index (χ0n) is 13.3. The van der Waals surface area contributed by atoms with Gasteiger partial charge in [-0.2, -0.15) is 5.10 Å². The molecule has 0 aliphatic carbocycles. The van der Waals surface area contributed by atoms with Crippen LogP contribution in [-0.2, 0) is 7.05 Å². The highest BCUT2D eigenvalue weighted by atomic mass is 16.2. The Morgan fingerprint density at radius 2 is 1.83 bits per heavy atom. The minimum absolute atomic E-state index is 0.105. The fourth-order valence-electron chi connectivity index (χ4n) is 2.55. The number of hydrogen-bond acceptors (Lipinski definition) is 3. The number of aryl methyl sites for hydroxylation is 3. The predicted molar refractivity (Wildman–Crippen MR) is 90.9 cm³/mol. The predicted octanol–water partition coefficient (Wildman–Crippen LogP) is 2.80. The van der Waals surface area contributed by atoms with Crippen LogP contribution in [0.3, 0.4) is 0 Å². The summed E-state index contributed by atoms with van der Waals surface area (Å²) in [5.74, 6) is -0.500. The number of carbonyl (C=O) groups is 1. The molecule has 1 amide bonds. The molecule has 0 radical (unpaired) electrons. The second-order valence-corrected chi connectivity index (χ2v) is 5.65. The maximum atomic E-state index is 12.6. The Morgan fingerprint density at radius 3 is 2.57 bits per heavy atom. The second kappa shape index (κ2) is 5.68. The van der Waals surface area contributed by atoms with Gasteiger partial charge in [0.2, 0.25) is 5.43 Å². The summed E-state index contributed by atoms with van der Waals surface area (Å²) >= 11 is 0. The van der Waals surface area contributed by atoms with Gasteiger partial charge in [-0.1, -0.05) is 23.8 Å². The van der Waals surface area contributed by atoms with Crippen LogP contribution < -0.4 is 10.7 Å². The van der Waals surface area contributed by atoms with Crippen molar-refractivity contribution >= 4 is 22.5 Å². The molecule has 0 fully saturated rings. The molecule has 0 saturated carbocycles. The van der Waals surface area contributed by atoms with Gasteiger partial charge in [0.25, 0.3) is 5.91 Å². The summed E-state index contributed by atoms with van der Waals surface area (Å²) in [7, 11) is 1.72. The van der Waals surface area contributed by atoms with E-state index in [2.05, 4.69) is 10.4 Å². The third-order valence-corrected chi connectivity index (χ3v) is 3.70. The lowest BCUT2D eigenvalue weighted by Crippen LogP contribution is -2.26. The Kier molecular flexibility index (Phi) is 3.70. The lowest BCUT2D eigenvalue weighted by molar-refractivity contribution is 0.101. The summed E-state index contributed by atoms with van der Waals surface area (Å²) in [5, 5.41) is 7.37. The first-order chi connectivity index (χ1) is 11.0. The van der Waals surface area contributed by atoms with Gasteiger partial charge in [-0.15, -0.1) is 0 Å². The van der Waals surface area contributed by atoms with Crippen molar-refractivity contribution in [3.63, 3.8) is 0 Å². The number of nitrogens with one attached hydrogen (secondary N) is 1. The van der Waals surface area contributed by atoms with E-state index in [0.29, 0.717) is 16.6 Å². The summed E-state index contributed by atoms with van der Waals surface area (Å²) in [6.07, 6.45) is 0. The number of nitrogens with zero attached hydrogens (tertiary/aromatic N) is 2. The highest BCUT2D eigenvalue weighted by molar-refractivity contribution is 6.04. The average Bonchev–Trinajstić information content (AvgIpc) is 2.50. The molecule has 0 aliphatic heterocycles. The first-order valence-corrected chi connectivity index (χ1v) is 7.31. The third-order valence-electron chi connectivity index (χ3n) is 3.70. The van der Waals surface area contributed by atoms with Crippen LogP contribution in [0.5, 0.6) is 0 Å². The highest BCUT2D eigenvalue weighted by Crippen LogP contribution is 2.13. The van der Waals surface area contributed by atoms with E-state index in [9.17, 15) is 9.59 Å². The molecule has 1 N–H and O–H groups in total. The number of hydrogen-bond donors (Lipinski definition) is 1. The fourth-order valence-corrected chi connectivity index (χ4v) is 2.55. The largest absolute Gasteiger partial charge is 0.320 e. The van der Waals surface area contributed by atoms with Crippen LogP contribution in [0.15, 0.2) is 47.3 Å². The molecule has 1 aromatic heterocycles. The van der Waals surface area contributed by atoms with E-state index in [1.807, 2.05) is 44.2 Å². The maximum Gasteiger partial charge on any atom is 0.280 e. The lowest BCUT2D eigenvalue weighted by atomic mass is 10.1. The van der Waals surface area contributed by atoms with Crippen LogP contribution in [-0.4, -0.2) is 15.7 Å². The first kappa shape index (κ1) is 15.0. The molecule has 0 bridgehead atoms. The Morgan fingerprint density at radius 1 is 1.09 bits per heavy atom. The molecule has 0 atom stereocenters. The molecule has 0 unspecified atom stereocenters. The van der Waals surface area contributed by atoms with Crippen molar-refractivity contribution in [2.75, 3.05) is 5.32 Å². The van der Waals surface area contributed by atoms with Crippen molar-refractivity contribution in [2.45, 2.75) is 13.8 Å². The average molecular weight is 307 g/mol. The van der Waals surface area contributed by atoms with Crippen molar-refractivity contribution < 1.29 is 4.79 Å². The van der Waals surface area contributed by atoms with Gasteiger partial charge in [-0.05, 0) is 43.7 Å². The number of benzene rings is 2. The van der Waals surface area contributed by atoms with Crippen LogP contribution in [0, 0.1) is 13.8 Å². The minimum Gasteiger partial charge on any atom is -0.320 e. The van der Waals surface area contributed by atoms with E-state index in [-0.39, 0.29) is 11.1 Å². The van der Waals surface area contributed by atoms with Gasteiger partial charge in [0.05, 0.1) is 10.9 Å². The van der Waals surface area contributed by atoms with Crippen LogP contribution in [0.25, 0.3) is 10.9 Å². The van der Waals surface area contributed by atoms with Crippen molar-refractivity contribution in [1.29, 1.82) is 0 Å². The molecular formula is C18H17N3O2. The van der Waals surface area contributed by atoms with Crippen molar-refractivity contribution in [1.82, 2.24) is 9.78 Å². The second-order valence-electron chi connectivity index (χ2n) is 5.65. The van der Waals surface area contributed by atoms with E-state index in [1.54, 1.807) is 23.9 Å².